The molecular weight excluding hydrogens is 709 g/mol. The third-order valence-corrected chi connectivity index (χ3v) is 11.7. The van der Waals surface area contributed by atoms with E-state index in [2.05, 4.69) is 5.43 Å². The lowest BCUT2D eigenvalue weighted by molar-refractivity contribution is -0.146. The van der Waals surface area contributed by atoms with Gasteiger partial charge in [0.1, 0.15) is 23.9 Å². The van der Waals surface area contributed by atoms with Gasteiger partial charge < -0.3 is 9.84 Å². The number of allylic oxidation sites excluding steroid dienone is 2. The minimum absolute atomic E-state index is 0.0916. The number of phenols is 1. The van der Waals surface area contributed by atoms with Gasteiger partial charge in [-0.3, -0.25) is 29.5 Å². The Morgan fingerprint density at radius 2 is 1.59 bits per heavy atom. The van der Waals surface area contributed by atoms with Crippen LogP contribution in [0.5, 0.6) is 11.5 Å². The fraction of sp³-hybridized carbons (Fsp3) is 0.302. The van der Waals surface area contributed by atoms with Crippen LogP contribution in [0.15, 0.2) is 109 Å². The van der Waals surface area contributed by atoms with Gasteiger partial charge in [-0.25, -0.2) is 4.39 Å². The van der Waals surface area contributed by atoms with Crippen molar-refractivity contribution in [3.8, 4) is 11.5 Å². The maximum absolute atomic E-state index is 15.3. The second kappa shape index (κ2) is 13.1. The molecular formula is C43H39ClFN3O6. The van der Waals surface area contributed by atoms with Crippen molar-refractivity contribution in [2.24, 2.45) is 23.7 Å². The molecule has 9 nitrogen and oxygen atoms in total. The molecule has 0 aromatic heterocycles. The summed E-state index contributed by atoms with van der Waals surface area (Å²) in [6.07, 6.45) is 2.29. The highest BCUT2D eigenvalue weighted by atomic mass is 35.5. The summed E-state index contributed by atoms with van der Waals surface area (Å²) in [4.78, 5) is 59.7. The van der Waals surface area contributed by atoms with E-state index in [1.807, 2.05) is 57.2 Å². The molecule has 2 N–H and O–H groups in total. The molecule has 2 aliphatic heterocycles. The number of ether oxygens (including phenoxy) is 1. The Morgan fingerprint density at radius 3 is 2.26 bits per heavy atom. The third kappa shape index (κ3) is 5.57. The topological polar surface area (TPSA) is 116 Å². The number of anilines is 1. The van der Waals surface area contributed by atoms with Crippen LogP contribution in [0, 0.1) is 29.5 Å². The monoisotopic (exact) mass is 747 g/mol. The molecule has 8 rings (SSSR count). The highest BCUT2D eigenvalue weighted by Crippen LogP contribution is 2.65. The van der Waals surface area contributed by atoms with E-state index in [4.69, 9.17) is 16.3 Å². The number of amides is 4. The molecule has 3 fully saturated rings. The average Bonchev–Trinajstić information content (AvgIpc) is 3.53. The maximum atomic E-state index is 15.3. The van der Waals surface area contributed by atoms with Crippen molar-refractivity contribution >= 4 is 40.9 Å². The predicted molar refractivity (Wildman–Crippen MR) is 200 cm³/mol. The Hall–Kier alpha value is -5.48. The quantitative estimate of drug-likeness (QED) is 0.148. The van der Waals surface area contributed by atoms with Gasteiger partial charge in [0.05, 0.1) is 28.9 Å². The predicted octanol–water partition coefficient (Wildman–Crippen LogP) is 7.55. The van der Waals surface area contributed by atoms with E-state index in [-0.39, 0.29) is 37.0 Å². The smallest absolute Gasteiger partial charge is 0.260 e. The molecule has 4 aromatic carbocycles. The van der Waals surface area contributed by atoms with Crippen LogP contribution in [-0.2, 0) is 31.2 Å². The number of hydrazine groups is 1. The van der Waals surface area contributed by atoms with Crippen LogP contribution < -0.4 is 10.2 Å². The molecule has 6 atom stereocenters. The van der Waals surface area contributed by atoms with Gasteiger partial charge in [-0.1, -0.05) is 71.8 Å². The number of fused-ring (bicyclic) bond motifs is 4. The number of imide groups is 2. The fourth-order valence-electron chi connectivity index (χ4n) is 9.26. The summed E-state index contributed by atoms with van der Waals surface area (Å²) in [7, 11) is 0. The van der Waals surface area contributed by atoms with Crippen molar-refractivity contribution in [1.82, 2.24) is 9.91 Å². The zero-order valence-corrected chi connectivity index (χ0v) is 30.7. The first-order valence-corrected chi connectivity index (χ1v) is 18.4. The van der Waals surface area contributed by atoms with Crippen LogP contribution in [-0.4, -0.2) is 44.2 Å². The van der Waals surface area contributed by atoms with Gasteiger partial charge in [0.15, 0.2) is 0 Å². The highest BCUT2D eigenvalue weighted by Gasteiger charge is 2.71. The number of hydrogen-bond donors (Lipinski definition) is 2. The van der Waals surface area contributed by atoms with E-state index in [0.717, 1.165) is 10.6 Å². The summed E-state index contributed by atoms with van der Waals surface area (Å²) >= 11 is 6.38. The number of hydrogen-bond acceptors (Lipinski definition) is 7. The van der Waals surface area contributed by atoms with Crippen molar-refractivity contribution in [2.45, 2.75) is 57.1 Å². The van der Waals surface area contributed by atoms with Gasteiger partial charge in [-0.15, -0.1) is 0 Å². The fourth-order valence-corrected chi connectivity index (χ4v) is 9.39. The van der Waals surface area contributed by atoms with Crippen molar-refractivity contribution in [1.29, 1.82) is 0 Å². The second-order valence-electron chi connectivity index (χ2n) is 15.6. The molecule has 0 bridgehead atoms. The molecule has 4 aromatic rings. The summed E-state index contributed by atoms with van der Waals surface area (Å²) < 4.78 is 20.0. The zero-order valence-electron chi connectivity index (χ0n) is 30.0. The first-order valence-electron chi connectivity index (χ1n) is 18.0. The van der Waals surface area contributed by atoms with Gasteiger partial charge in [-0.05, 0) is 93.1 Å². The lowest BCUT2D eigenvalue weighted by atomic mass is 9.49. The Balaban J connectivity index is 1.30. The summed E-state index contributed by atoms with van der Waals surface area (Å²) in [5.74, 6) is -5.90. The van der Waals surface area contributed by atoms with E-state index >= 15 is 4.79 Å². The number of aromatic hydroxyl groups is 1. The van der Waals surface area contributed by atoms with Crippen LogP contribution in [0.25, 0.3) is 0 Å². The number of halogens is 2. The molecule has 2 heterocycles. The van der Waals surface area contributed by atoms with Crippen LogP contribution in [0.2, 0.25) is 5.02 Å². The summed E-state index contributed by atoms with van der Waals surface area (Å²) in [6.45, 7) is 5.72. The number of nitrogens with zero attached hydrogens (tertiary/aromatic N) is 2. The largest absolute Gasteiger partial charge is 0.508 e. The van der Waals surface area contributed by atoms with Crippen molar-refractivity contribution < 1.29 is 33.4 Å². The summed E-state index contributed by atoms with van der Waals surface area (Å²) in [6, 6.07) is 26.6. The minimum Gasteiger partial charge on any atom is -0.508 e. The Bertz CT molecular complexity index is 2200. The van der Waals surface area contributed by atoms with Gasteiger partial charge in [0, 0.05) is 28.1 Å². The molecule has 1 saturated carbocycles. The number of nitrogens with one attached hydrogen (secondary N) is 1. The number of carbonyl (C=O) groups excluding carboxylic acids is 4. The van der Waals surface area contributed by atoms with E-state index in [9.17, 15) is 23.9 Å². The molecule has 4 aliphatic rings. The molecule has 0 spiro atoms. The molecule has 0 radical (unpaired) electrons. The first-order chi connectivity index (χ1) is 25.8. The summed E-state index contributed by atoms with van der Waals surface area (Å²) in [5.41, 5.74) is 3.37. The van der Waals surface area contributed by atoms with Gasteiger partial charge in [0.2, 0.25) is 11.8 Å². The molecule has 54 heavy (non-hydrogen) atoms. The highest BCUT2D eigenvalue weighted by molar-refractivity contribution is 6.30. The SMILES string of the molecule is CC(C)(C)N1C(=O)[C@H]2[C@H](CC=C3[C@H]2C[C@H]2C(=O)N(Nc4ccc(F)cc4)C(=O)[C@@]2(c2ccc(Cl)cc2)[C@H]3c2ccc(OCc3ccccc3)cc2O)C1=O. The molecule has 2 aliphatic carbocycles. The number of benzene rings is 4. The van der Waals surface area contributed by atoms with E-state index < -0.39 is 58.2 Å². The normalized spacial score (nSPS) is 26.3. The summed E-state index contributed by atoms with van der Waals surface area (Å²) in [5, 5.41) is 13.4. The number of phenolic OH excluding ortho intramolecular Hbond substituents is 1. The number of rotatable bonds is 7. The zero-order chi connectivity index (χ0) is 38.1. The Labute approximate surface area is 317 Å². The Morgan fingerprint density at radius 1 is 0.889 bits per heavy atom. The lowest BCUT2D eigenvalue weighted by Gasteiger charge is -2.50. The molecule has 0 unspecified atom stereocenters. The minimum atomic E-state index is -1.62. The first kappa shape index (κ1) is 35.5. The maximum Gasteiger partial charge on any atom is 0.260 e. The number of likely N-dealkylation sites (tertiary alicyclic amines) is 1. The van der Waals surface area contributed by atoms with Crippen LogP contribution in [0.1, 0.15) is 56.2 Å². The van der Waals surface area contributed by atoms with Crippen molar-refractivity contribution in [3.05, 3.63) is 136 Å². The number of carbonyl (C=O) groups is 4. The van der Waals surface area contributed by atoms with E-state index in [1.54, 1.807) is 36.4 Å². The molecule has 11 heteroatoms. The van der Waals surface area contributed by atoms with Crippen LogP contribution in [0.4, 0.5) is 10.1 Å². The standard InChI is InChI=1S/C43H39ClFN3O6/c1-42(2,3)47-38(50)32-20-19-30-33(36(32)40(47)52)22-34-39(51)48(46-28-15-13-27(45)14-16-28)41(53)43(34,25-9-11-26(44)12-10-25)37(30)31-18-17-29(21-35(31)49)54-23-24-7-5-4-6-8-24/h4-19,21,32-34,36-37,46,49H,20,22-23H2,1-3H3/t32-,33+,34-,36-,37+,43+/m0/s1. The lowest BCUT2D eigenvalue weighted by Crippen LogP contribution is -2.53. The third-order valence-electron chi connectivity index (χ3n) is 11.5. The van der Waals surface area contributed by atoms with Crippen molar-refractivity contribution in [3.63, 3.8) is 0 Å². The average molecular weight is 748 g/mol. The van der Waals surface area contributed by atoms with Crippen LogP contribution in [0.3, 0.4) is 0 Å². The van der Waals surface area contributed by atoms with E-state index in [1.165, 1.54) is 35.2 Å². The second-order valence-corrected chi connectivity index (χ2v) is 16.0. The van der Waals surface area contributed by atoms with Gasteiger partial charge in [0.25, 0.3) is 11.8 Å². The molecule has 276 valence electrons. The molecule has 4 amide bonds. The van der Waals surface area contributed by atoms with E-state index in [0.29, 0.717) is 33.2 Å². The van der Waals surface area contributed by atoms with Crippen LogP contribution >= 0.6 is 11.6 Å². The molecule has 2 saturated heterocycles. The Kier molecular flexibility index (Phi) is 8.64. The van der Waals surface area contributed by atoms with Gasteiger partial charge >= 0.3 is 0 Å². The van der Waals surface area contributed by atoms with Gasteiger partial charge in [-0.2, -0.15) is 5.01 Å². The van der Waals surface area contributed by atoms with Crippen molar-refractivity contribution in [2.75, 3.05) is 5.43 Å².